The van der Waals surface area contributed by atoms with Crippen LogP contribution in [-0.4, -0.2) is 38.4 Å². The largest absolute Gasteiger partial charge is 0.363 e. The fraction of sp³-hybridized carbons (Fsp3) is 0.190. The molecule has 29 heavy (non-hydrogen) atoms. The van der Waals surface area contributed by atoms with E-state index >= 15 is 0 Å². The molecular formula is C21H21N5O3. The van der Waals surface area contributed by atoms with Gasteiger partial charge in [0.1, 0.15) is 11.7 Å². The summed E-state index contributed by atoms with van der Waals surface area (Å²) in [6.45, 7) is 3.61. The average Bonchev–Trinajstić information content (AvgIpc) is 3.09. The molecule has 0 saturated carbocycles. The van der Waals surface area contributed by atoms with E-state index < -0.39 is 23.6 Å². The highest BCUT2D eigenvalue weighted by molar-refractivity contribution is 6.38. The lowest BCUT2D eigenvalue weighted by molar-refractivity contribution is -0.137. The van der Waals surface area contributed by atoms with Gasteiger partial charge in [0.15, 0.2) is 5.82 Å². The number of hydrogen-bond donors (Lipinski definition) is 2. The van der Waals surface area contributed by atoms with Crippen molar-refractivity contribution in [2.24, 2.45) is 5.73 Å². The Balaban J connectivity index is 1.91. The second-order valence-corrected chi connectivity index (χ2v) is 6.67. The molecule has 0 aliphatic carbocycles. The van der Waals surface area contributed by atoms with E-state index in [1.165, 1.54) is 4.68 Å². The van der Waals surface area contributed by atoms with E-state index in [0.29, 0.717) is 11.5 Å². The number of hydrogen-bond acceptors (Lipinski definition) is 5. The summed E-state index contributed by atoms with van der Waals surface area (Å²) >= 11 is 0. The second kappa shape index (κ2) is 8.47. The van der Waals surface area contributed by atoms with E-state index in [4.69, 9.17) is 5.73 Å². The van der Waals surface area contributed by atoms with Crippen LogP contribution >= 0.6 is 0 Å². The van der Waals surface area contributed by atoms with Crippen molar-refractivity contribution in [3.63, 3.8) is 0 Å². The molecule has 0 saturated heterocycles. The monoisotopic (exact) mass is 391 g/mol. The molecule has 0 aliphatic heterocycles. The molecule has 3 rings (SSSR count). The lowest BCUT2D eigenvalue weighted by atomic mass is 10.0. The van der Waals surface area contributed by atoms with E-state index in [1.807, 2.05) is 31.2 Å². The Morgan fingerprint density at radius 3 is 2.48 bits per heavy atom. The van der Waals surface area contributed by atoms with Crippen LogP contribution in [0.1, 0.15) is 27.3 Å². The zero-order valence-electron chi connectivity index (χ0n) is 16.1. The summed E-state index contributed by atoms with van der Waals surface area (Å²) in [5.74, 6) is -2.01. The summed E-state index contributed by atoms with van der Waals surface area (Å²) in [6, 6.07) is 13.2. The standard InChI is InChI=1S/C21H21N5O3/c1-13-7-6-10-23-20(13)26-17(11-14(2)25-26)21(29)24-16(18(27)19(22)28)12-15-8-4-3-5-9-15/h3-11,16H,12H2,1-2H3,(H2,22,28)(H,24,29)/t16-/m0/s1. The molecular weight excluding hydrogens is 370 g/mol. The minimum atomic E-state index is -1.10. The number of aromatic nitrogens is 3. The van der Waals surface area contributed by atoms with Gasteiger partial charge in [-0.1, -0.05) is 36.4 Å². The van der Waals surface area contributed by atoms with Crippen molar-refractivity contribution < 1.29 is 14.4 Å². The Hall–Kier alpha value is -3.81. The Morgan fingerprint density at radius 2 is 1.83 bits per heavy atom. The van der Waals surface area contributed by atoms with Crippen LogP contribution in [0.15, 0.2) is 54.7 Å². The van der Waals surface area contributed by atoms with Gasteiger partial charge in [-0.15, -0.1) is 0 Å². The van der Waals surface area contributed by atoms with E-state index in [1.54, 1.807) is 37.4 Å². The minimum absolute atomic E-state index is 0.143. The van der Waals surface area contributed by atoms with Crippen molar-refractivity contribution in [2.45, 2.75) is 26.3 Å². The van der Waals surface area contributed by atoms with Gasteiger partial charge in [-0.25, -0.2) is 9.67 Å². The second-order valence-electron chi connectivity index (χ2n) is 6.67. The smallest absolute Gasteiger partial charge is 0.287 e. The molecule has 148 valence electrons. The number of ketones is 1. The van der Waals surface area contributed by atoms with Gasteiger partial charge in [0.05, 0.1) is 5.69 Å². The summed E-state index contributed by atoms with van der Waals surface area (Å²) in [6.07, 6.45) is 1.75. The molecule has 3 aromatic rings. The van der Waals surface area contributed by atoms with Crippen LogP contribution in [0.5, 0.6) is 0 Å². The highest BCUT2D eigenvalue weighted by atomic mass is 16.2. The van der Waals surface area contributed by atoms with E-state index in [0.717, 1.165) is 11.1 Å². The van der Waals surface area contributed by atoms with Crippen LogP contribution in [0.4, 0.5) is 0 Å². The van der Waals surface area contributed by atoms with Crippen LogP contribution < -0.4 is 11.1 Å². The third-order valence-corrected chi connectivity index (χ3v) is 4.39. The quantitative estimate of drug-likeness (QED) is 0.588. The molecule has 2 heterocycles. The van der Waals surface area contributed by atoms with Gasteiger partial charge < -0.3 is 11.1 Å². The normalized spacial score (nSPS) is 11.7. The number of amides is 2. The van der Waals surface area contributed by atoms with E-state index in [2.05, 4.69) is 15.4 Å². The first-order chi connectivity index (χ1) is 13.9. The first-order valence-electron chi connectivity index (χ1n) is 9.04. The number of benzene rings is 1. The molecule has 0 radical (unpaired) electrons. The van der Waals surface area contributed by atoms with Gasteiger partial charge in [0, 0.05) is 12.6 Å². The maximum atomic E-state index is 13.0. The first-order valence-corrected chi connectivity index (χ1v) is 9.04. The molecule has 8 nitrogen and oxygen atoms in total. The summed E-state index contributed by atoms with van der Waals surface area (Å²) in [5.41, 5.74) is 7.62. The number of rotatable bonds is 7. The minimum Gasteiger partial charge on any atom is -0.363 e. The third kappa shape index (κ3) is 4.55. The topological polar surface area (TPSA) is 120 Å². The number of carbonyl (C=O) groups is 3. The molecule has 0 fully saturated rings. The first kappa shape index (κ1) is 19.9. The summed E-state index contributed by atoms with van der Waals surface area (Å²) in [7, 11) is 0. The molecule has 0 aliphatic rings. The summed E-state index contributed by atoms with van der Waals surface area (Å²) < 4.78 is 1.42. The van der Waals surface area contributed by atoms with Gasteiger partial charge in [-0.2, -0.15) is 5.10 Å². The van der Waals surface area contributed by atoms with Crippen LogP contribution in [0.2, 0.25) is 0 Å². The van der Waals surface area contributed by atoms with Crippen LogP contribution in [0.25, 0.3) is 5.82 Å². The lowest BCUT2D eigenvalue weighted by Gasteiger charge is -2.17. The molecule has 0 bridgehead atoms. The highest BCUT2D eigenvalue weighted by Gasteiger charge is 2.27. The Bertz CT molecular complexity index is 1060. The van der Waals surface area contributed by atoms with Crippen LogP contribution in [0.3, 0.4) is 0 Å². The maximum Gasteiger partial charge on any atom is 0.287 e. The number of nitrogens with zero attached hydrogens (tertiary/aromatic N) is 3. The van der Waals surface area contributed by atoms with Gasteiger partial charge >= 0.3 is 0 Å². The molecule has 0 spiro atoms. The molecule has 3 N–H and O–H groups in total. The lowest BCUT2D eigenvalue weighted by Crippen LogP contribution is -2.47. The predicted molar refractivity (Wildman–Crippen MR) is 106 cm³/mol. The number of nitrogens with one attached hydrogen (secondary N) is 1. The zero-order chi connectivity index (χ0) is 21.0. The number of primary amides is 1. The molecule has 1 aromatic carbocycles. The Morgan fingerprint density at radius 1 is 1.10 bits per heavy atom. The number of pyridine rings is 1. The Labute approximate surface area is 167 Å². The summed E-state index contributed by atoms with van der Waals surface area (Å²) in [5, 5.41) is 6.98. The number of carbonyl (C=O) groups excluding carboxylic acids is 3. The van der Waals surface area contributed by atoms with Crippen LogP contribution in [0, 0.1) is 13.8 Å². The average molecular weight is 391 g/mol. The number of Topliss-reactive ketones (excluding diaryl/α,β-unsaturated/α-hetero) is 1. The molecule has 8 heteroatoms. The number of aryl methyl sites for hydroxylation is 2. The molecule has 2 amide bonds. The maximum absolute atomic E-state index is 13.0. The van der Waals surface area contributed by atoms with Gasteiger partial charge in [0.2, 0.25) is 5.78 Å². The molecule has 2 aromatic heterocycles. The fourth-order valence-corrected chi connectivity index (χ4v) is 2.98. The molecule has 1 atom stereocenters. The van der Waals surface area contributed by atoms with Crippen molar-refractivity contribution >= 4 is 17.6 Å². The van der Waals surface area contributed by atoms with Crippen molar-refractivity contribution in [1.82, 2.24) is 20.1 Å². The van der Waals surface area contributed by atoms with Crippen molar-refractivity contribution in [3.8, 4) is 5.82 Å². The Kier molecular flexibility index (Phi) is 5.82. The summed E-state index contributed by atoms with van der Waals surface area (Å²) in [4.78, 5) is 41.1. The number of nitrogens with two attached hydrogens (primary N) is 1. The van der Waals surface area contributed by atoms with Gasteiger partial charge in [-0.3, -0.25) is 14.4 Å². The molecule has 0 unspecified atom stereocenters. The van der Waals surface area contributed by atoms with Gasteiger partial charge in [0.25, 0.3) is 11.8 Å². The van der Waals surface area contributed by atoms with Crippen LogP contribution in [-0.2, 0) is 16.0 Å². The SMILES string of the molecule is Cc1cc(C(=O)N[C@@H](Cc2ccccc2)C(=O)C(N)=O)n(-c2ncccc2C)n1. The van der Waals surface area contributed by atoms with E-state index in [-0.39, 0.29) is 12.1 Å². The zero-order valence-corrected chi connectivity index (χ0v) is 16.1. The highest BCUT2D eigenvalue weighted by Crippen LogP contribution is 2.15. The third-order valence-electron chi connectivity index (χ3n) is 4.39. The van der Waals surface area contributed by atoms with Crippen molar-refractivity contribution in [2.75, 3.05) is 0 Å². The fourth-order valence-electron chi connectivity index (χ4n) is 2.98. The van der Waals surface area contributed by atoms with Crippen molar-refractivity contribution in [1.29, 1.82) is 0 Å². The van der Waals surface area contributed by atoms with E-state index in [9.17, 15) is 14.4 Å². The predicted octanol–water partition coefficient (Wildman–Crippen LogP) is 1.28. The van der Waals surface area contributed by atoms with Crippen molar-refractivity contribution in [3.05, 3.63) is 77.2 Å². The van der Waals surface area contributed by atoms with Gasteiger partial charge in [-0.05, 0) is 37.1 Å².